The number of aromatic nitrogens is 4. The van der Waals surface area contributed by atoms with E-state index in [1.807, 2.05) is 59.0 Å². The maximum atomic E-state index is 13.5. The molecule has 0 radical (unpaired) electrons. The lowest BCUT2D eigenvalue weighted by atomic mass is 10.0. The van der Waals surface area contributed by atoms with Gasteiger partial charge in [0.05, 0.1) is 31.1 Å². The number of methoxy groups -OCH3 is 2. The third-order valence-electron chi connectivity index (χ3n) is 8.87. The number of hydrogen-bond donors (Lipinski definition) is 2. The Labute approximate surface area is 260 Å². The van der Waals surface area contributed by atoms with E-state index in [9.17, 15) is 9.59 Å². The van der Waals surface area contributed by atoms with Crippen LogP contribution in [0, 0.1) is 5.92 Å². The number of anilines is 1. The van der Waals surface area contributed by atoms with E-state index in [1.165, 1.54) is 20.0 Å². The summed E-state index contributed by atoms with van der Waals surface area (Å²) < 4.78 is 14.8. The molecule has 2 amide bonds. The number of nitrogens with one attached hydrogen (secondary N) is 1. The fourth-order valence-corrected chi connectivity index (χ4v) is 6.31. The summed E-state index contributed by atoms with van der Waals surface area (Å²) in [5.41, 5.74) is 12.5. The van der Waals surface area contributed by atoms with Crippen LogP contribution in [0.3, 0.4) is 0 Å². The van der Waals surface area contributed by atoms with Crippen LogP contribution in [0.2, 0.25) is 0 Å². The molecule has 1 atom stereocenters. The molecule has 1 aliphatic heterocycles. The van der Waals surface area contributed by atoms with Crippen LogP contribution in [-0.4, -0.2) is 69.4 Å². The minimum Gasteiger partial charge on any atom is -0.494 e. The minimum absolute atomic E-state index is 0.000215. The number of amides is 2. The van der Waals surface area contributed by atoms with E-state index in [-0.39, 0.29) is 11.9 Å². The summed E-state index contributed by atoms with van der Waals surface area (Å²) in [5.74, 6) is 1.93. The lowest BCUT2D eigenvalue weighted by Crippen LogP contribution is -2.45. The van der Waals surface area contributed by atoms with E-state index in [4.69, 9.17) is 25.2 Å². The highest BCUT2D eigenvalue weighted by Crippen LogP contribution is 2.38. The van der Waals surface area contributed by atoms with Crippen molar-refractivity contribution in [2.75, 3.05) is 32.6 Å². The van der Waals surface area contributed by atoms with Gasteiger partial charge in [-0.25, -0.2) is 14.8 Å². The molecule has 2 aliphatic rings. The first-order valence-corrected chi connectivity index (χ1v) is 15.4. The molecular formula is C34H37N7O4. The number of fused-ring (bicyclic) bond motifs is 2. The van der Waals surface area contributed by atoms with Crippen LogP contribution in [0.15, 0.2) is 54.6 Å². The number of ether oxygens (including phenoxy) is 2. The zero-order valence-electron chi connectivity index (χ0n) is 25.7. The quantitative estimate of drug-likeness (QED) is 0.253. The summed E-state index contributed by atoms with van der Waals surface area (Å²) in [7, 11) is 4.95. The Morgan fingerprint density at radius 3 is 2.53 bits per heavy atom. The molecule has 0 spiro atoms. The van der Waals surface area contributed by atoms with Gasteiger partial charge >= 0.3 is 6.09 Å². The van der Waals surface area contributed by atoms with E-state index in [1.54, 1.807) is 7.11 Å². The van der Waals surface area contributed by atoms with E-state index in [0.29, 0.717) is 41.5 Å². The van der Waals surface area contributed by atoms with Crippen molar-refractivity contribution in [1.29, 1.82) is 0 Å². The van der Waals surface area contributed by atoms with E-state index < -0.39 is 6.09 Å². The third-order valence-corrected chi connectivity index (χ3v) is 8.87. The lowest BCUT2D eigenvalue weighted by molar-refractivity contribution is 0.0708. The van der Waals surface area contributed by atoms with Gasteiger partial charge in [0.15, 0.2) is 5.82 Å². The molecule has 45 heavy (non-hydrogen) atoms. The van der Waals surface area contributed by atoms with Crippen LogP contribution in [-0.2, 0) is 18.3 Å². The number of hydrogen-bond acceptors (Lipinski definition) is 7. The molecule has 1 aliphatic carbocycles. The standard InChI is InChI=1S/C34H37N7O4/c1-39-30-27(15-23(17-29(30)44-2)33(42)40-14-4-5-24(35)19-40)38-32(39)28-16-22-10-13-26(37-31(22)41(28)18-20-6-7-20)21-8-11-25(12-9-21)36-34(43)45-3/h8-13,15-17,20,24H,4-7,14,18-19,35H2,1-3H3,(H,36,43)/t24-/m1/s1. The summed E-state index contributed by atoms with van der Waals surface area (Å²) in [6.07, 6.45) is 3.70. The second-order valence-electron chi connectivity index (χ2n) is 12.1. The van der Waals surface area contributed by atoms with Crippen LogP contribution in [0.4, 0.5) is 10.5 Å². The highest BCUT2D eigenvalue weighted by atomic mass is 16.5. The van der Waals surface area contributed by atoms with Crippen molar-refractivity contribution in [2.45, 2.75) is 38.3 Å². The molecule has 2 fully saturated rings. The first-order chi connectivity index (χ1) is 21.8. The number of rotatable bonds is 7. The molecule has 5 aromatic rings. The Balaban J connectivity index is 1.29. The number of nitrogens with two attached hydrogens (primary N) is 1. The zero-order chi connectivity index (χ0) is 31.2. The van der Waals surface area contributed by atoms with Crippen LogP contribution >= 0.6 is 0 Å². The number of benzene rings is 2. The van der Waals surface area contributed by atoms with Gasteiger partial charge in [-0.1, -0.05) is 12.1 Å². The largest absolute Gasteiger partial charge is 0.494 e. The van der Waals surface area contributed by atoms with Crippen molar-refractivity contribution in [1.82, 2.24) is 24.0 Å². The first kappa shape index (κ1) is 28.8. The molecule has 232 valence electrons. The van der Waals surface area contributed by atoms with Crippen molar-refractivity contribution in [3.8, 4) is 28.5 Å². The van der Waals surface area contributed by atoms with Crippen LogP contribution in [0.25, 0.3) is 44.8 Å². The molecule has 3 aromatic heterocycles. The van der Waals surface area contributed by atoms with Gasteiger partial charge in [-0.15, -0.1) is 0 Å². The van der Waals surface area contributed by atoms with Gasteiger partial charge in [0.25, 0.3) is 5.91 Å². The lowest BCUT2D eigenvalue weighted by Gasteiger charge is -2.30. The highest BCUT2D eigenvalue weighted by Gasteiger charge is 2.28. The van der Waals surface area contributed by atoms with Gasteiger partial charge in [0.2, 0.25) is 0 Å². The van der Waals surface area contributed by atoms with E-state index in [0.717, 1.165) is 58.7 Å². The SMILES string of the molecule is COC(=O)Nc1ccc(-c2ccc3cc(-c4nc5cc(C(=O)N6CCC[C@@H](N)C6)cc(OC)c5n4C)n(CC4CC4)c3n2)cc1. The summed E-state index contributed by atoms with van der Waals surface area (Å²) in [6.45, 7) is 2.10. The highest BCUT2D eigenvalue weighted by molar-refractivity contribution is 6.00. The summed E-state index contributed by atoms with van der Waals surface area (Å²) in [6, 6.07) is 17.5. The zero-order valence-corrected chi connectivity index (χ0v) is 25.7. The van der Waals surface area contributed by atoms with Crippen LogP contribution in [0.1, 0.15) is 36.0 Å². The average molecular weight is 608 g/mol. The summed E-state index contributed by atoms with van der Waals surface area (Å²) >= 11 is 0. The van der Waals surface area contributed by atoms with Crippen molar-refractivity contribution in [3.05, 3.63) is 60.2 Å². The second-order valence-corrected chi connectivity index (χ2v) is 12.1. The number of likely N-dealkylation sites (tertiary alicyclic amines) is 1. The number of carbonyl (C=O) groups is 2. The molecule has 11 heteroatoms. The van der Waals surface area contributed by atoms with Gasteiger partial charge < -0.3 is 29.2 Å². The normalized spacial score (nSPS) is 16.7. The average Bonchev–Trinajstić information content (AvgIpc) is 3.73. The molecule has 0 bridgehead atoms. The maximum Gasteiger partial charge on any atom is 0.411 e. The van der Waals surface area contributed by atoms with Crippen molar-refractivity contribution >= 4 is 39.8 Å². The number of carbonyl (C=O) groups excluding carboxylic acids is 2. The topological polar surface area (TPSA) is 130 Å². The number of pyridine rings is 1. The molecule has 7 rings (SSSR count). The summed E-state index contributed by atoms with van der Waals surface area (Å²) in [4.78, 5) is 37.1. The van der Waals surface area contributed by atoms with Gasteiger partial charge in [-0.05, 0) is 74.1 Å². The van der Waals surface area contributed by atoms with Crippen molar-refractivity contribution in [3.63, 3.8) is 0 Å². The Kier molecular flexibility index (Phi) is 7.40. The Bertz CT molecular complexity index is 1920. The smallest absolute Gasteiger partial charge is 0.411 e. The fraction of sp³-hybridized carbons (Fsp3) is 0.353. The Hall–Kier alpha value is -4.90. The van der Waals surface area contributed by atoms with Crippen molar-refractivity contribution in [2.24, 2.45) is 18.7 Å². The van der Waals surface area contributed by atoms with Crippen molar-refractivity contribution < 1.29 is 19.1 Å². The second kappa shape index (κ2) is 11.6. The number of imidazole rings is 1. The molecule has 4 heterocycles. The Morgan fingerprint density at radius 2 is 1.82 bits per heavy atom. The van der Waals surface area contributed by atoms with Crippen LogP contribution in [0.5, 0.6) is 5.75 Å². The van der Waals surface area contributed by atoms with Crippen LogP contribution < -0.4 is 15.8 Å². The predicted octanol–water partition coefficient (Wildman–Crippen LogP) is 5.42. The number of aryl methyl sites for hydroxylation is 1. The molecular weight excluding hydrogens is 570 g/mol. The monoisotopic (exact) mass is 607 g/mol. The van der Waals surface area contributed by atoms with Gasteiger partial charge in [0, 0.05) is 54.9 Å². The first-order valence-electron chi connectivity index (χ1n) is 15.4. The van der Waals surface area contributed by atoms with E-state index >= 15 is 0 Å². The predicted molar refractivity (Wildman–Crippen MR) is 173 cm³/mol. The van der Waals surface area contributed by atoms with Gasteiger partial charge in [0.1, 0.15) is 16.9 Å². The maximum absolute atomic E-state index is 13.5. The molecule has 1 saturated carbocycles. The third kappa shape index (κ3) is 5.48. The molecule has 3 N–H and O–H groups in total. The Morgan fingerprint density at radius 1 is 1.02 bits per heavy atom. The molecule has 11 nitrogen and oxygen atoms in total. The minimum atomic E-state index is -0.512. The fourth-order valence-electron chi connectivity index (χ4n) is 6.31. The van der Waals surface area contributed by atoms with E-state index in [2.05, 4.69) is 22.0 Å². The number of piperidine rings is 1. The molecule has 0 unspecified atom stereocenters. The molecule has 2 aromatic carbocycles. The number of nitrogens with zero attached hydrogens (tertiary/aromatic N) is 5. The molecule has 1 saturated heterocycles. The summed E-state index contributed by atoms with van der Waals surface area (Å²) in [5, 5.41) is 3.70. The van der Waals surface area contributed by atoms with Gasteiger partial charge in [-0.2, -0.15) is 0 Å². The van der Waals surface area contributed by atoms with Gasteiger partial charge in [-0.3, -0.25) is 10.1 Å².